The number of benzene rings is 2. The first-order valence-electron chi connectivity index (χ1n) is 7.85. The van der Waals surface area contributed by atoms with Gasteiger partial charge < -0.3 is 10.2 Å². The van der Waals surface area contributed by atoms with Gasteiger partial charge >= 0.3 is 0 Å². The van der Waals surface area contributed by atoms with Crippen LogP contribution in [0.2, 0.25) is 0 Å². The van der Waals surface area contributed by atoms with Crippen LogP contribution in [0.15, 0.2) is 48.5 Å². The normalized spacial score (nSPS) is 10.6. The smallest absolute Gasteiger partial charge is 0.223 e. The Hall–Kier alpha value is -2.95. The van der Waals surface area contributed by atoms with E-state index in [4.69, 9.17) is 0 Å². The molecule has 1 heterocycles. The summed E-state index contributed by atoms with van der Waals surface area (Å²) in [5.41, 5.74) is 2.94. The van der Waals surface area contributed by atoms with Crippen molar-refractivity contribution in [1.29, 1.82) is 0 Å². The van der Waals surface area contributed by atoms with E-state index in [0.29, 0.717) is 6.54 Å². The van der Waals surface area contributed by atoms with Crippen LogP contribution < -0.4 is 10.2 Å². The highest BCUT2D eigenvalue weighted by Crippen LogP contribution is 2.21. The van der Waals surface area contributed by atoms with Gasteiger partial charge in [-0.1, -0.05) is 24.3 Å². The predicted octanol–water partition coefficient (Wildman–Crippen LogP) is 3.53. The molecule has 0 saturated carbocycles. The molecule has 5 nitrogen and oxygen atoms in total. The summed E-state index contributed by atoms with van der Waals surface area (Å²) in [6.07, 6.45) is 0. The van der Waals surface area contributed by atoms with Crippen LogP contribution in [-0.2, 0) is 11.3 Å². The van der Waals surface area contributed by atoms with Crippen molar-refractivity contribution in [2.45, 2.75) is 20.4 Å². The summed E-state index contributed by atoms with van der Waals surface area (Å²) < 4.78 is 0. The quantitative estimate of drug-likeness (QED) is 0.799. The van der Waals surface area contributed by atoms with Gasteiger partial charge in [-0.15, -0.1) is 0 Å². The molecule has 0 aliphatic carbocycles. The third-order valence-electron chi connectivity index (χ3n) is 3.97. The summed E-state index contributed by atoms with van der Waals surface area (Å²) in [6, 6.07) is 15.9. The second kappa shape index (κ2) is 6.66. The number of aryl methyl sites for hydroxylation is 1. The zero-order valence-electron chi connectivity index (χ0n) is 14.1. The van der Waals surface area contributed by atoms with E-state index in [-0.39, 0.29) is 5.91 Å². The number of carbonyl (C=O) groups is 1. The monoisotopic (exact) mass is 320 g/mol. The number of carbonyl (C=O) groups excluding carboxylic acids is 1. The minimum atomic E-state index is 0.0174. The molecule has 0 aliphatic heterocycles. The molecule has 1 N–H and O–H groups in total. The van der Waals surface area contributed by atoms with Gasteiger partial charge in [-0.2, -0.15) is 0 Å². The number of fused-ring (bicyclic) bond motifs is 1. The van der Waals surface area contributed by atoms with Crippen LogP contribution in [-0.4, -0.2) is 22.9 Å². The van der Waals surface area contributed by atoms with E-state index < -0.39 is 0 Å². The van der Waals surface area contributed by atoms with Crippen LogP contribution in [0.25, 0.3) is 10.9 Å². The van der Waals surface area contributed by atoms with E-state index in [1.54, 1.807) is 18.9 Å². The van der Waals surface area contributed by atoms with E-state index in [0.717, 1.165) is 33.8 Å². The molecule has 24 heavy (non-hydrogen) atoms. The number of hydrogen-bond acceptors (Lipinski definition) is 4. The largest absolute Gasteiger partial charge is 0.365 e. The molecule has 122 valence electrons. The predicted molar refractivity (Wildman–Crippen MR) is 97.1 cm³/mol. The molecular formula is C19H20N4O. The third kappa shape index (κ3) is 3.35. The minimum absolute atomic E-state index is 0.0174. The molecule has 0 unspecified atom stereocenters. The first kappa shape index (κ1) is 15.9. The summed E-state index contributed by atoms with van der Waals surface area (Å²) in [5, 5.41) is 4.39. The van der Waals surface area contributed by atoms with E-state index in [2.05, 4.69) is 15.3 Å². The highest BCUT2D eigenvalue weighted by atomic mass is 16.2. The molecule has 5 heteroatoms. The van der Waals surface area contributed by atoms with Crippen molar-refractivity contribution >= 4 is 28.3 Å². The molecule has 0 bridgehead atoms. The average Bonchev–Trinajstić information content (AvgIpc) is 2.59. The molecule has 0 spiro atoms. The number of amides is 1. The number of para-hydroxylation sites is 1. The second-order valence-electron chi connectivity index (χ2n) is 5.73. The van der Waals surface area contributed by atoms with E-state index >= 15 is 0 Å². The van der Waals surface area contributed by atoms with Crippen molar-refractivity contribution in [3.8, 4) is 0 Å². The van der Waals surface area contributed by atoms with Gasteiger partial charge in [0.15, 0.2) is 0 Å². The summed E-state index contributed by atoms with van der Waals surface area (Å²) in [4.78, 5) is 22.0. The van der Waals surface area contributed by atoms with Gasteiger partial charge in [-0.25, -0.2) is 9.97 Å². The number of aromatic nitrogens is 2. The lowest BCUT2D eigenvalue weighted by Crippen LogP contribution is -2.22. The van der Waals surface area contributed by atoms with Crippen molar-refractivity contribution < 1.29 is 4.79 Å². The van der Waals surface area contributed by atoms with Crippen LogP contribution in [0.4, 0.5) is 11.5 Å². The molecule has 0 atom stereocenters. The Morgan fingerprint density at radius 1 is 1.08 bits per heavy atom. The lowest BCUT2D eigenvalue weighted by molar-refractivity contribution is -0.116. The minimum Gasteiger partial charge on any atom is -0.365 e. The second-order valence-corrected chi connectivity index (χ2v) is 5.73. The number of nitrogens with one attached hydrogen (secondary N) is 1. The first-order valence-corrected chi connectivity index (χ1v) is 7.85. The lowest BCUT2D eigenvalue weighted by Gasteiger charge is -2.15. The summed E-state index contributed by atoms with van der Waals surface area (Å²) >= 11 is 0. The Morgan fingerprint density at radius 3 is 2.50 bits per heavy atom. The number of rotatable bonds is 4. The van der Waals surface area contributed by atoms with E-state index in [1.165, 1.54) is 0 Å². The van der Waals surface area contributed by atoms with Crippen LogP contribution in [0, 0.1) is 6.92 Å². The zero-order valence-corrected chi connectivity index (χ0v) is 14.1. The fourth-order valence-corrected chi connectivity index (χ4v) is 2.53. The molecule has 3 rings (SSSR count). The molecule has 1 aromatic heterocycles. The van der Waals surface area contributed by atoms with Crippen LogP contribution in [0.5, 0.6) is 0 Å². The molecule has 0 aliphatic rings. The Balaban J connectivity index is 1.78. The van der Waals surface area contributed by atoms with Crippen LogP contribution in [0.3, 0.4) is 0 Å². The maximum absolute atomic E-state index is 11.4. The maximum Gasteiger partial charge on any atom is 0.223 e. The van der Waals surface area contributed by atoms with Crippen molar-refractivity contribution in [3.05, 3.63) is 59.9 Å². The topological polar surface area (TPSA) is 58.1 Å². The summed E-state index contributed by atoms with van der Waals surface area (Å²) in [6.45, 7) is 4.10. The number of anilines is 2. The van der Waals surface area contributed by atoms with Gasteiger partial charge in [0, 0.05) is 31.6 Å². The van der Waals surface area contributed by atoms with Gasteiger partial charge in [0.1, 0.15) is 11.6 Å². The van der Waals surface area contributed by atoms with Crippen LogP contribution in [0.1, 0.15) is 18.3 Å². The van der Waals surface area contributed by atoms with Gasteiger partial charge in [0.2, 0.25) is 5.91 Å². The Kier molecular flexibility index (Phi) is 4.42. The van der Waals surface area contributed by atoms with Crippen molar-refractivity contribution in [2.75, 3.05) is 17.3 Å². The van der Waals surface area contributed by atoms with Gasteiger partial charge in [-0.3, -0.25) is 4.79 Å². The summed E-state index contributed by atoms with van der Waals surface area (Å²) in [7, 11) is 1.77. The first-order chi connectivity index (χ1) is 11.5. The van der Waals surface area contributed by atoms with E-state index in [9.17, 15) is 4.79 Å². The SMILES string of the molecule is CC(=O)N(C)c1ccc(CNc2nc(C)nc3ccccc23)cc1. The molecule has 1 amide bonds. The Labute approximate surface area is 141 Å². The highest BCUT2D eigenvalue weighted by molar-refractivity contribution is 5.91. The third-order valence-corrected chi connectivity index (χ3v) is 3.97. The highest BCUT2D eigenvalue weighted by Gasteiger charge is 2.07. The zero-order chi connectivity index (χ0) is 17.1. The Morgan fingerprint density at radius 2 is 1.79 bits per heavy atom. The Bertz CT molecular complexity index is 874. The van der Waals surface area contributed by atoms with Gasteiger partial charge in [-0.05, 0) is 36.8 Å². The molecule has 0 saturated heterocycles. The molecule has 0 radical (unpaired) electrons. The molecular weight excluding hydrogens is 300 g/mol. The van der Waals surface area contributed by atoms with Crippen molar-refractivity contribution in [3.63, 3.8) is 0 Å². The van der Waals surface area contributed by atoms with Gasteiger partial charge in [0.25, 0.3) is 0 Å². The van der Waals surface area contributed by atoms with Gasteiger partial charge in [0.05, 0.1) is 5.52 Å². The van der Waals surface area contributed by atoms with Crippen molar-refractivity contribution in [1.82, 2.24) is 9.97 Å². The molecule has 2 aromatic carbocycles. The average molecular weight is 320 g/mol. The number of hydrogen-bond donors (Lipinski definition) is 1. The van der Waals surface area contributed by atoms with Crippen molar-refractivity contribution in [2.24, 2.45) is 0 Å². The summed E-state index contributed by atoms with van der Waals surface area (Å²) in [5.74, 6) is 1.60. The van der Waals surface area contributed by atoms with Crippen LogP contribution >= 0.6 is 0 Å². The standard InChI is InChI=1S/C19H20N4O/c1-13-21-18-7-5-4-6-17(18)19(22-13)20-12-15-8-10-16(11-9-15)23(3)14(2)24/h4-11H,12H2,1-3H3,(H,20,21,22). The van der Waals surface area contributed by atoms with E-state index in [1.807, 2.05) is 55.5 Å². The lowest BCUT2D eigenvalue weighted by atomic mass is 10.2. The fraction of sp³-hybridized carbons (Fsp3) is 0.211. The molecule has 3 aromatic rings. The molecule has 0 fully saturated rings. The number of nitrogens with zero attached hydrogens (tertiary/aromatic N) is 3. The maximum atomic E-state index is 11.4. The fourth-order valence-electron chi connectivity index (χ4n) is 2.53.